The lowest BCUT2D eigenvalue weighted by atomic mass is 10.0. The van der Waals surface area contributed by atoms with Crippen LogP contribution in [0.15, 0.2) is 24.3 Å². The van der Waals surface area contributed by atoms with Crippen LogP contribution in [0.25, 0.3) is 0 Å². The third-order valence-corrected chi connectivity index (χ3v) is 12.9. The van der Waals surface area contributed by atoms with Crippen molar-refractivity contribution in [1.29, 1.82) is 0 Å². The van der Waals surface area contributed by atoms with E-state index >= 15 is 0 Å². The molecule has 0 bridgehead atoms. The first-order valence-electron chi connectivity index (χ1n) is 28.8. The van der Waals surface area contributed by atoms with E-state index in [1.165, 1.54) is 205 Å². The van der Waals surface area contributed by atoms with Crippen LogP contribution in [0, 0.1) is 0 Å². The Balaban J connectivity index is 3.93. The van der Waals surface area contributed by atoms with E-state index in [0.717, 1.165) is 70.6 Å². The van der Waals surface area contributed by atoms with Gasteiger partial charge in [-0.05, 0) is 70.6 Å². The Morgan fingerprint density at radius 2 is 0.508 bits per heavy atom. The molecule has 6 nitrogen and oxygen atoms in total. The van der Waals surface area contributed by atoms with Gasteiger partial charge in [0.1, 0.15) is 13.2 Å². The fourth-order valence-electron chi connectivity index (χ4n) is 8.55. The summed E-state index contributed by atoms with van der Waals surface area (Å²) in [6, 6.07) is 0. The van der Waals surface area contributed by atoms with Crippen molar-refractivity contribution >= 4 is 17.9 Å². The minimum Gasteiger partial charge on any atom is -0.462 e. The summed E-state index contributed by atoms with van der Waals surface area (Å²) in [6.45, 7) is 6.57. The highest BCUT2D eigenvalue weighted by atomic mass is 16.6. The van der Waals surface area contributed by atoms with Crippen molar-refractivity contribution in [3.05, 3.63) is 24.3 Å². The average molecular weight is 916 g/mol. The molecule has 1 unspecified atom stereocenters. The zero-order chi connectivity index (χ0) is 47.2. The molecule has 382 valence electrons. The van der Waals surface area contributed by atoms with Crippen LogP contribution in [0.5, 0.6) is 0 Å². The molecule has 0 aliphatic carbocycles. The topological polar surface area (TPSA) is 78.9 Å². The summed E-state index contributed by atoms with van der Waals surface area (Å²) in [5.41, 5.74) is 0. The summed E-state index contributed by atoms with van der Waals surface area (Å²) in [5.74, 6) is -0.880. The van der Waals surface area contributed by atoms with Crippen LogP contribution in [0.1, 0.15) is 316 Å². The average Bonchev–Trinajstić information content (AvgIpc) is 3.30. The van der Waals surface area contributed by atoms with Crippen molar-refractivity contribution in [1.82, 2.24) is 0 Å². The maximum absolute atomic E-state index is 12.7. The zero-order valence-electron chi connectivity index (χ0n) is 43.8. The molecule has 6 heteroatoms. The number of ether oxygens (including phenoxy) is 3. The van der Waals surface area contributed by atoms with Crippen molar-refractivity contribution < 1.29 is 28.6 Å². The SMILES string of the molecule is CCCCCC/C=C\CCCCCCCC(=O)OC(COC(=O)CCCCCCC)COC(=O)CCCCCCCCCCCCCCCCCCC/C=C\CCCCCCCCCC. The lowest BCUT2D eigenvalue weighted by molar-refractivity contribution is -0.167. The number of hydrogen-bond donors (Lipinski definition) is 0. The van der Waals surface area contributed by atoms with E-state index in [4.69, 9.17) is 14.2 Å². The smallest absolute Gasteiger partial charge is 0.306 e. The molecule has 0 aromatic carbocycles. The first kappa shape index (κ1) is 62.9. The van der Waals surface area contributed by atoms with Gasteiger partial charge in [-0.3, -0.25) is 14.4 Å². The van der Waals surface area contributed by atoms with Crippen LogP contribution in [-0.4, -0.2) is 37.2 Å². The molecule has 1 atom stereocenters. The summed E-state index contributed by atoms with van der Waals surface area (Å²) >= 11 is 0. The van der Waals surface area contributed by atoms with E-state index in [1.807, 2.05) is 0 Å². The predicted molar refractivity (Wildman–Crippen MR) is 279 cm³/mol. The van der Waals surface area contributed by atoms with Gasteiger partial charge in [0.2, 0.25) is 0 Å². The van der Waals surface area contributed by atoms with E-state index < -0.39 is 6.10 Å². The van der Waals surface area contributed by atoms with E-state index in [2.05, 4.69) is 45.1 Å². The highest BCUT2D eigenvalue weighted by Crippen LogP contribution is 2.17. The molecule has 0 N–H and O–H groups in total. The van der Waals surface area contributed by atoms with Gasteiger partial charge in [0.05, 0.1) is 0 Å². The van der Waals surface area contributed by atoms with Crippen molar-refractivity contribution in [2.45, 2.75) is 322 Å². The number of esters is 3. The number of carbonyl (C=O) groups excluding carboxylic acids is 3. The summed E-state index contributed by atoms with van der Waals surface area (Å²) in [6.07, 6.45) is 63.8. The Morgan fingerprint density at radius 3 is 0.785 bits per heavy atom. The van der Waals surface area contributed by atoms with Gasteiger partial charge in [0.25, 0.3) is 0 Å². The molecular formula is C59H110O6. The second-order valence-electron chi connectivity index (χ2n) is 19.6. The van der Waals surface area contributed by atoms with Gasteiger partial charge in [-0.25, -0.2) is 0 Å². The second-order valence-corrected chi connectivity index (χ2v) is 19.6. The van der Waals surface area contributed by atoms with E-state index in [1.54, 1.807) is 0 Å². The normalized spacial score (nSPS) is 12.1. The molecule has 65 heavy (non-hydrogen) atoms. The molecule has 0 rings (SSSR count). The molecular weight excluding hydrogens is 805 g/mol. The molecule has 0 saturated carbocycles. The van der Waals surface area contributed by atoms with Crippen LogP contribution >= 0.6 is 0 Å². The number of rotatable bonds is 53. The molecule has 0 spiro atoms. The quantitative estimate of drug-likeness (QED) is 0.0262. The minimum atomic E-state index is -0.768. The summed E-state index contributed by atoms with van der Waals surface area (Å²) in [4.78, 5) is 37.7. The molecule has 0 saturated heterocycles. The first-order valence-corrected chi connectivity index (χ1v) is 28.8. The predicted octanol–water partition coefficient (Wildman–Crippen LogP) is 19.1. The molecule has 0 heterocycles. The highest BCUT2D eigenvalue weighted by Gasteiger charge is 2.19. The number of allylic oxidation sites excluding steroid dienone is 4. The standard InChI is InChI=1S/C59H110O6/c1-4-7-10-13-15-17-19-21-22-23-24-25-26-27-28-29-30-31-32-33-34-35-36-38-39-41-43-46-49-52-58(61)64-55-56(54-63-57(60)51-48-45-12-9-6-3)65-59(62)53-50-47-44-42-40-37-20-18-16-14-11-8-5-2/h18,20,23-24,56H,4-17,19,21-22,25-55H2,1-3H3/b20-18-,24-23-. The third kappa shape index (κ3) is 52.7. The van der Waals surface area contributed by atoms with E-state index in [0.29, 0.717) is 19.3 Å². The van der Waals surface area contributed by atoms with E-state index in [9.17, 15) is 14.4 Å². The van der Waals surface area contributed by atoms with Gasteiger partial charge in [-0.15, -0.1) is 0 Å². The van der Waals surface area contributed by atoms with Crippen LogP contribution in [0.4, 0.5) is 0 Å². The number of carbonyl (C=O) groups is 3. The highest BCUT2D eigenvalue weighted by molar-refractivity contribution is 5.71. The largest absolute Gasteiger partial charge is 0.462 e. The fourth-order valence-corrected chi connectivity index (χ4v) is 8.55. The van der Waals surface area contributed by atoms with Gasteiger partial charge < -0.3 is 14.2 Å². The lowest BCUT2D eigenvalue weighted by Gasteiger charge is -2.18. The maximum Gasteiger partial charge on any atom is 0.306 e. The third-order valence-electron chi connectivity index (χ3n) is 12.9. The van der Waals surface area contributed by atoms with Crippen LogP contribution in [0.3, 0.4) is 0 Å². The summed E-state index contributed by atoms with van der Waals surface area (Å²) < 4.78 is 16.7. The fraction of sp³-hybridized carbons (Fsp3) is 0.881. The van der Waals surface area contributed by atoms with Gasteiger partial charge in [-0.2, -0.15) is 0 Å². The Labute approximate surface area is 404 Å². The van der Waals surface area contributed by atoms with Gasteiger partial charge in [-0.1, -0.05) is 251 Å². The lowest BCUT2D eigenvalue weighted by Crippen LogP contribution is -2.30. The number of unbranched alkanes of at least 4 members (excludes halogenated alkanes) is 38. The molecule has 0 amide bonds. The molecule has 0 aromatic heterocycles. The summed E-state index contributed by atoms with van der Waals surface area (Å²) in [5, 5.41) is 0. The summed E-state index contributed by atoms with van der Waals surface area (Å²) in [7, 11) is 0. The van der Waals surface area contributed by atoms with Crippen molar-refractivity contribution in [3.8, 4) is 0 Å². The Bertz CT molecular complexity index is 1050. The Kier molecular flexibility index (Phi) is 52.7. The maximum atomic E-state index is 12.7. The Morgan fingerprint density at radius 1 is 0.292 bits per heavy atom. The second kappa shape index (κ2) is 54.5. The zero-order valence-corrected chi connectivity index (χ0v) is 43.8. The number of hydrogen-bond acceptors (Lipinski definition) is 6. The van der Waals surface area contributed by atoms with Crippen LogP contribution in [-0.2, 0) is 28.6 Å². The van der Waals surface area contributed by atoms with Crippen molar-refractivity contribution in [3.63, 3.8) is 0 Å². The molecule has 0 aliphatic heterocycles. The van der Waals surface area contributed by atoms with Crippen LogP contribution < -0.4 is 0 Å². The van der Waals surface area contributed by atoms with Crippen LogP contribution in [0.2, 0.25) is 0 Å². The molecule has 0 radical (unpaired) electrons. The molecule has 0 aliphatic rings. The minimum absolute atomic E-state index is 0.0712. The van der Waals surface area contributed by atoms with Crippen molar-refractivity contribution in [2.24, 2.45) is 0 Å². The van der Waals surface area contributed by atoms with Crippen molar-refractivity contribution in [2.75, 3.05) is 13.2 Å². The van der Waals surface area contributed by atoms with Gasteiger partial charge in [0, 0.05) is 19.3 Å². The van der Waals surface area contributed by atoms with E-state index in [-0.39, 0.29) is 31.1 Å². The monoisotopic (exact) mass is 915 g/mol. The van der Waals surface area contributed by atoms with Gasteiger partial charge >= 0.3 is 17.9 Å². The molecule has 0 fully saturated rings. The van der Waals surface area contributed by atoms with Gasteiger partial charge in [0.15, 0.2) is 6.10 Å². The molecule has 0 aromatic rings. The first-order chi connectivity index (χ1) is 32.0. The Hall–Kier alpha value is -2.11.